The monoisotopic (exact) mass is 219 g/mol. The highest BCUT2D eigenvalue weighted by Gasteiger charge is 2.27. The first-order valence-electron chi connectivity index (χ1n) is 3.67. The zero-order valence-electron chi connectivity index (χ0n) is 7.08. The van der Waals surface area contributed by atoms with Crippen molar-refractivity contribution in [1.29, 1.82) is 0 Å². The van der Waals surface area contributed by atoms with Crippen LogP contribution in [0.3, 0.4) is 0 Å². The van der Waals surface area contributed by atoms with Gasteiger partial charge in [-0.2, -0.15) is 0 Å². The number of carbonyl (C=O) groups is 1. The SMILES string of the molecule is C[C@@](N)(CC(=O)O)c1ccsc1Cl. The Balaban J connectivity index is 2.93. The van der Waals surface area contributed by atoms with Gasteiger partial charge in [0.15, 0.2) is 0 Å². The number of nitrogens with two attached hydrogens (primary N) is 1. The first kappa shape index (κ1) is 10.5. The van der Waals surface area contributed by atoms with Crippen LogP contribution in [0, 0.1) is 0 Å². The summed E-state index contributed by atoms with van der Waals surface area (Å²) in [6.07, 6.45) is -0.122. The van der Waals surface area contributed by atoms with Crippen LogP contribution in [0.2, 0.25) is 4.34 Å². The first-order valence-corrected chi connectivity index (χ1v) is 4.93. The first-order chi connectivity index (χ1) is 5.93. The molecule has 0 aliphatic heterocycles. The Labute approximate surface area is 85.1 Å². The quantitative estimate of drug-likeness (QED) is 0.818. The lowest BCUT2D eigenvalue weighted by molar-refractivity contribution is -0.138. The van der Waals surface area contributed by atoms with Gasteiger partial charge >= 0.3 is 5.97 Å². The summed E-state index contributed by atoms with van der Waals surface area (Å²) in [5, 5.41) is 10.4. The van der Waals surface area contributed by atoms with Crippen LogP contribution in [0.4, 0.5) is 0 Å². The van der Waals surface area contributed by atoms with Crippen LogP contribution in [0.15, 0.2) is 11.4 Å². The lowest BCUT2D eigenvalue weighted by atomic mass is 9.92. The van der Waals surface area contributed by atoms with Crippen molar-refractivity contribution in [3.8, 4) is 0 Å². The summed E-state index contributed by atoms with van der Waals surface area (Å²) in [4.78, 5) is 10.5. The zero-order chi connectivity index (χ0) is 10.1. The molecule has 1 aromatic rings. The van der Waals surface area contributed by atoms with Crippen LogP contribution < -0.4 is 5.73 Å². The van der Waals surface area contributed by atoms with E-state index in [4.69, 9.17) is 22.4 Å². The summed E-state index contributed by atoms with van der Waals surface area (Å²) in [7, 11) is 0. The third kappa shape index (κ3) is 2.43. The van der Waals surface area contributed by atoms with E-state index in [1.54, 1.807) is 18.4 Å². The van der Waals surface area contributed by atoms with Gasteiger partial charge < -0.3 is 10.8 Å². The fraction of sp³-hybridized carbons (Fsp3) is 0.375. The van der Waals surface area contributed by atoms with Gasteiger partial charge in [0.25, 0.3) is 0 Å². The molecule has 1 aromatic heterocycles. The van der Waals surface area contributed by atoms with Crippen molar-refractivity contribution in [2.24, 2.45) is 5.73 Å². The highest BCUT2D eigenvalue weighted by molar-refractivity contribution is 7.14. The van der Waals surface area contributed by atoms with Crippen LogP contribution >= 0.6 is 22.9 Å². The highest BCUT2D eigenvalue weighted by Crippen LogP contribution is 2.32. The Morgan fingerprint density at radius 1 is 1.85 bits per heavy atom. The third-order valence-electron chi connectivity index (χ3n) is 1.75. The van der Waals surface area contributed by atoms with Crippen LogP contribution in [-0.4, -0.2) is 11.1 Å². The molecular weight excluding hydrogens is 210 g/mol. The molecule has 5 heteroatoms. The Morgan fingerprint density at radius 2 is 2.46 bits per heavy atom. The van der Waals surface area contributed by atoms with Gasteiger partial charge in [-0.1, -0.05) is 11.6 Å². The molecule has 72 valence electrons. The molecule has 0 fully saturated rings. The number of carboxylic acid groups (broad SMARTS) is 1. The molecular formula is C8H10ClNO2S. The Kier molecular flexibility index (Phi) is 2.95. The second kappa shape index (κ2) is 3.65. The van der Waals surface area contributed by atoms with Crippen LogP contribution in [0.25, 0.3) is 0 Å². The molecule has 13 heavy (non-hydrogen) atoms. The molecule has 0 aliphatic rings. The van der Waals surface area contributed by atoms with Gasteiger partial charge in [-0.15, -0.1) is 11.3 Å². The molecule has 0 saturated carbocycles. The summed E-state index contributed by atoms with van der Waals surface area (Å²) >= 11 is 7.20. The second-order valence-corrected chi connectivity index (χ2v) is 4.61. The van der Waals surface area contributed by atoms with Crippen molar-refractivity contribution < 1.29 is 9.90 Å². The molecule has 3 N–H and O–H groups in total. The van der Waals surface area contributed by atoms with Gasteiger partial charge in [-0.05, 0) is 18.4 Å². The number of hydrogen-bond acceptors (Lipinski definition) is 3. The van der Waals surface area contributed by atoms with Crippen molar-refractivity contribution in [2.75, 3.05) is 0 Å². The average Bonchev–Trinajstić information content (AvgIpc) is 2.32. The molecule has 0 unspecified atom stereocenters. The normalized spacial score (nSPS) is 15.3. The number of thiophene rings is 1. The number of halogens is 1. The molecule has 3 nitrogen and oxygen atoms in total. The molecule has 1 heterocycles. The molecule has 0 spiro atoms. The smallest absolute Gasteiger partial charge is 0.305 e. The fourth-order valence-electron chi connectivity index (χ4n) is 1.12. The average molecular weight is 220 g/mol. The molecule has 0 amide bonds. The van der Waals surface area contributed by atoms with E-state index in [0.717, 1.165) is 0 Å². The lowest BCUT2D eigenvalue weighted by Gasteiger charge is -2.21. The maximum Gasteiger partial charge on any atom is 0.305 e. The minimum absolute atomic E-state index is 0.122. The van der Waals surface area contributed by atoms with E-state index in [1.165, 1.54) is 11.3 Å². The van der Waals surface area contributed by atoms with E-state index in [9.17, 15) is 4.79 Å². The maximum absolute atomic E-state index is 10.5. The molecule has 1 atom stereocenters. The maximum atomic E-state index is 10.5. The Bertz CT molecular complexity index is 322. The molecule has 0 aliphatic carbocycles. The molecule has 0 bridgehead atoms. The fourth-order valence-corrected chi connectivity index (χ4v) is 2.30. The van der Waals surface area contributed by atoms with E-state index in [-0.39, 0.29) is 6.42 Å². The lowest BCUT2D eigenvalue weighted by Crippen LogP contribution is -2.35. The summed E-state index contributed by atoms with van der Waals surface area (Å²) < 4.78 is 0.561. The van der Waals surface area contributed by atoms with E-state index in [2.05, 4.69) is 0 Å². The molecule has 0 radical (unpaired) electrons. The van der Waals surface area contributed by atoms with Gasteiger partial charge in [0.1, 0.15) is 0 Å². The number of hydrogen-bond donors (Lipinski definition) is 2. The van der Waals surface area contributed by atoms with Gasteiger partial charge in [-0.3, -0.25) is 4.79 Å². The second-order valence-electron chi connectivity index (χ2n) is 3.10. The van der Waals surface area contributed by atoms with Crippen molar-refractivity contribution >= 4 is 28.9 Å². The zero-order valence-corrected chi connectivity index (χ0v) is 8.65. The van der Waals surface area contributed by atoms with Gasteiger partial charge in [-0.25, -0.2) is 0 Å². The van der Waals surface area contributed by atoms with E-state index < -0.39 is 11.5 Å². The van der Waals surface area contributed by atoms with Crippen LogP contribution in [0.1, 0.15) is 18.9 Å². The standard InChI is InChI=1S/C8H10ClNO2S/c1-8(10,4-6(11)12)5-2-3-13-7(5)9/h2-3H,4,10H2,1H3,(H,11,12)/t8-/m1/s1. The Morgan fingerprint density at radius 3 is 2.85 bits per heavy atom. The summed E-state index contributed by atoms with van der Waals surface area (Å²) in [6.45, 7) is 1.66. The minimum Gasteiger partial charge on any atom is -0.481 e. The topological polar surface area (TPSA) is 63.3 Å². The predicted molar refractivity (Wildman–Crippen MR) is 53.1 cm³/mol. The predicted octanol–water partition coefficient (Wildman–Crippen LogP) is 2.05. The summed E-state index contributed by atoms with van der Waals surface area (Å²) in [6, 6.07) is 1.76. The van der Waals surface area contributed by atoms with Crippen molar-refractivity contribution in [3.63, 3.8) is 0 Å². The summed E-state index contributed by atoms with van der Waals surface area (Å²) in [5.74, 6) is -0.924. The third-order valence-corrected chi connectivity index (χ3v) is 2.92. The van der Waals surface area contributed by atoms with Crippen LogP contribution in [-0.2, 0) is 10.3 Å². The largest absolute Gasteiger partial charge is 0.481 e. The van der Waals surface area contributed by atoms with E-state index in [1.807, 2.05) is 0 Å². The molecule has 0 saturated heterocycles. The van der Waals surface area contributed by atoms with Crippen LogP contribution in [0.5, 0.6) is 0 Å². The van der Waals surface area contributed by atoms with Crippen molar-refractivity contribution in [3.05, 3.63) is 21.3 Å². The number of carboxylic acids is 1. The molecule has 1 rings (SSSR count). The highest BCUT2D eigenvalue weighted by atomic mass is 35.5. The van der Waals surface area contributed by atoms with Gasteiger partial charge in [0.2, 0.25) is 0 Å². The van der Waals surface area contributed by atoms with Gasteiger partial charge in [0.05, 0.1) is 16.3 Å². The number of rotatable bonds is 3. The van der Waals surface area contributed by atoms with Gasteiger partial charge in [0, 0.05) is 5.56 Å². The van der Waals surface area contributed by atoms with Crippen molar-refractivity contribution in [2.45, 2.75) is 18.9 Å². The minimum atomic E-state index is -0.924. The number of aliphatic carboxylic acids is 1. The van der Waals surface area contributed by atoms with E-state index >= 15 is 0 Å². The Hall–Kier alpha value is -0.580. The van der Waals surface area contributed by atoms with Crippen molar-refractivity contribution in [1.82, 2.24) is 0 Å². The molecule has 0 aromatic carbocycles. The summed E-state index contributed by atoms with van der Waals surface area (Å²) in [5.41, 5.74) is 5.64. The van der Waals surface area contributed by atoms with E-state index in [0.29, 0.717) is 9.90 Å².